The summed E-state index contributed by atoms with van der Waals surface area (Å²) in [6.45, 7) is 2.95. The Balaban J connectivity index is 3.84. The van der Waals surface area contributed by atoms with Gasteiger partial charge in [-0.05, 0) is 31.4 Å². The van der Waals surface area contributed by atoms with E-state index < -0.39 is 9.84 Å². The highest BCUT2D eigenvalue weighted by molar-refractivity contribution is 7.98. The summed E-state index contributed by atoms with van der Waals surface area (Å²) in [5.74, 6) is 1.38. The number of hydrogen-bond acceptors (Lipinski definition) is 4. The monoisotopic (exact) mass is 239 g/mol. The number of sulfone groups is 1. The fourth-order valence-electron chi connectivity index (χ4n) is 1.25. The van der Waals surface area contributed by atoms with E-state index in [-0.39, 0.29) is 0 Å². The van der Waals surface area contributed by atoms with Crippen molar-refractivity contribution in [3.63, 3.8) is 0 Å². The van der Waals surface area contributed by atoms with Crippen LogP contribution in [0.1, 0.15) is 19.8 Å². The molecule has 0 aliphatic rings. The zero-order chi connectivity index (χ0) is 11.0. The molecule has 0 rings (SSSR count). The largest absolute Gasteiger partial charge is 0.314 e. The lowest BCUT2D eigenvalue weighted by Gasteiger charge is -2.16. The number of hydrogen-bond donors (Lipinski definition) is 1. The first-order valence-corrected chi connectivity index (χ1v) is 8.35. The third-order valence-electron chi connectivity index (χ3n) is 2.00. The summed E-state index contributed by atoms with van der Waals surface area (Å²) in [5.41, 5.74) is 0. The summed E-state index contributed by atoms with van der Waals surface area (Å²) in [6, 6.07) is 0.349. The molecule has 3 nitrogen and oxygen atoms in total. The van der Waals surface area contributed by atoms with Crippen molar-refractivity contribution in [1.29, 1.82) is 0 Å². The van der Waals surface area contributed by atoms with Crippen molar-refractivity contribution in [2.45, 2.75) is 25.8 Å². The van der Waals surface area contributed by atoms with E-state index in [1.165, 1.54) is 6.26 Å². The number of nitrogens with one attached hydrogen (secondary N) is 1. The van der Waals surface area contributed by atoms with Crippen molar-refractivity contribution in [1.82, 2.24) is 5.32 Å². The topological polar surface area (TPSA) is 46.2 Å². The molecule has 0 bridgehead atoms. The maximum atomic E-state index is 11.0. The Morgan fingerprint density at radius 3 is 2.43 bits per heavy atom. The molecule has 0 aliphatic carbocycles. The second-order valence-electron chi connectivity index (χ2n) is 3.45. The van der Waals surface area contributed by atoms with Crippen LogP contribution in [0.25, 0.3) is 0 Å². The summed E-state index contributed by atoms with van der Waals surface area (Å²) >= 11 is 1.80. The van der Waals surface area contributed by atoms with E-state index >= 15 is 0 Å². The van der Waals surface area contributed by atoms with E-state index in [1.807, 2.05) is 6.92 Å². The lowest BCUT2D eigenvalue weighted by atomic mass is 10.2. The average Bonchev–Trinajstić information content (AvgIpc) is 2.08. The summed E-state index contributed by atoms with van der Waals surface area (Å²) in [5, 5.41) is 3.31. The minimum Gasteiger partial charge on any atom is -0.314 e. The lowest BCUT2D eigenvalue weighted by Crippen LogP contribution is -2.31. The molecule has 14 heavy (non-hydrogen) atoms. The van der Waals surface area contributed by atoms with Crippen LogP contribution in [0.15, 0.2) is 0 Å². The molecule has 0 aromatic rings. The van der Waals surface area contributed by atoms with E-state index in [0.717, 1.165) is 25.1 Å². The van der Waals surface area contributed by atoms with Crippen molar-refractivity contribution in [3.8, 4) is 0 Å². The molecule has 0 aromatic heterocycles. The molecule has 1 N–H and O–H groups in total. The van der Waals surface area contributed by atoms with E-state index in [2.05, 4.69) is 11.6 Å². The molecule has 0 aromatic carbocycles. The molecule has 1 unspecified atom stereocenters. The molecule has 0 aliphatic heterocycles. The second-order valence-corrected chi connectivity index (χ2v) is 6.70. The summed E-state index contributed by atoms with van der Waals surface area (Å²) in [7, 11) is -2.81. The van der Waals surface area contributed by atoms with Crippen molar-refractivity contribution < 1.29 is 8.42 Å². The highest BCUT2D eigenvalue weighted by atomic mass is 32.2. The zero-order valence-electron chi connectivity index (χ0n) is 9.25. The van der Waals surface area contributed by atoms with Crippen molar-refractivity contribution in [3.05, 3.63) is 0 Å². The first-order valence-electron chi connectivity index (χ1n) is 4.89. The average molecular weight is 239 g/mol. The quantitative estimate of drug-likeness (QED) is 0.690. The molecular weight excluding hydrogens is 218 g/mol. The van der Waals surface area contributed by atoms with Crippen LogP contribution in [0, 0.1) is 0 Å². The normalized spacial score (nSPS) is 14.2. The van der Waals surface area contributed by atoms with Gasteiger partial charge in [0, 0.05) is 12.3 Å². The molecule has 0 fully saturated rings. The Bertz CT molecular complexity index is 227. The van der Waals surface area contributed by atoms with Gasteiger partial charge in [0.25, 0.3) is 0 Å². The van der Waals surface area contributed by atoms with Crippen LogP contribution in [0.4, 0.5) is 0 Å². The summed E-state index contributed by atoms with van der Waals surface area (Å²) in [6.07, 6.45) is 5.14. The molecule has 0 saturated heterocycles. The molecule has 86 valence electrons. The molecule has 1 atom stereocenters. The molecule has 0 saturated carbocycles. The molecule has 5 heteroatoms. The predicted octanol–water partition coefficient (Wildman–Crippen LogP) is 1.15. The van der Waals surface area contributed by atoms with Gasteiger partial charge in [0.15, 0.2) is 0 Å². The van der Waals surface area contributed by atoms with Gasteiger partial charge in [-0.15, -0.1) is 0 Å². The Labute approximate surface area is 92.0 Å². The first-order chi connectivity index (χ1) is 6.49. The minimum atomic E-state index is -2.81. The van der Waals surface area contributed by atoms with E-state index in [1.54, 1.807) is 11.8 Å². The van der Waals surface area contributed by atoms with Crippen LogP contribution < -0.4 is 5.32 Å². The van der Waals surface area contributed by atoms with Gasteiger partial charge in [-0.3, -0.25) is 0 Å². The van der Waals surface area contributed by atoms with Gasteiger partial charge in [-0.1, -0.05) is 6.92 Å². The van der Waals surface area contributed by atoms with Gasteiger partial charge in [-0.25, -0.2) is 8.42 Å². The standard InChI is InChI=1S/C9H21NO2S2/c1-4-10-9(5-7-13-2)6-8-14(3,11)12/h9-10H,4-8H2,1-3H3. The van der Waals surface area contributed by atoms with Gasteiger partial charge in [0.2, 0.25) is 0 Å². The van der Waals surface area contributed by atoms with Crippen LogP contribution >= 0.6 is 11.8 Å². The maximum Gasteiger partial charge on any atom is 0.147 e. The Hall–Kier alpha value is 0.260. The fourth-order valence-corrected chi connectivity index (χ4v) is 2.49. The van der Waals surface area contributed by atoms with Crippen LogP contribution in [-0.2, 0) is 9.84 Å². The van der Waals surface area contributed by atoms with Crippen LogP contribution in [-0.4, -0.2) is 45.0 Å². The minimum absolute atomic E-state index is 0.291. The summed E-state index contributed by atoms with van der Waals surface area (Å²) < 4.78 is 22.0. The third-order valence-corrected chi connectivity index (χ3v) is 3.62. The van der Waals surface area contributed by atoms with Crippen LogP contribution in [0.2, 0.25) is 0 Å². The Morgan fingerprint density at radius 2 is 2.00 bits per heavy atom. The third kappa shape index (κ3) is 8.84. The molecule has 0 amide bonds. The highest BCUT2D eigenvalue weighted by Gasteiger charge is 2.10. The smallest absolute Gasteiger partial charge is 0.147 e. The van der Waals surface area contributed by atoms with Gasteiger partial charge in [0.05, 0.1) is 5.75 Å². The predicted molar refractivity (Wildman–Crippen MR) is 64.8 cm³/mol. The molecular formula is C9H21NO2S2. The number of rotatable bonds is 8. The van der Waals surface area contributed by atoms with E-state index in [0.29, 0.717) is 11.8 Å². The van der Waals surface area contributed by atoms with Gasteiger partial charge < -0.3 is 5.32 Å². The van der Waals surface area contributed by atoms with Crippen molar-refractivity contribution >= 4 is 21.6 Å². The first kappa shape index (κ1) is 14.3. The molecule has 0 radical (unpaired) electrons. The van der Waals surface area contributed by atoms with Gasteiger partial charge in [-0.2, -0.15) is 11.8 Å². The second kappa shape index (κ2) is 7.54. The molecule has 0 spiro atoms. The maximum absolute atomic E-state index is 11.0. The summed E-state index contributed by atoms with van der Waals surface area (Å²) in [4.78, 5) is 0. The lowest BCUT2D eigenvalue weighted by molar-refractivity contribution is 0.499. The Morgan fingerprint density at radius 1 is 1.36 bits per heavy atom. The fraction of sp³-hybridized carbons (Fsp3) is 1.00. The van der Waals surface area contributed by atoms with E-state index in [9.17, 15) is 8.42 Å². The SMILES string of the molecule is CCNC(CCSC)CCS(C)(=O)=O. The van der Waals surface area contributed by atoms with Crippen LogP contribution in [0.5, 0.6) is 0 Å². The van der Waals surface area contributed by atoms with Crippen molar-refractivity contribution in [2.75, 3.05) is 30.6 Å². The van der Waals surface area contributed by atoms with Gasteiger partial charge in [0.1, 0.15) is 9.84 Å². The Kier molecular flexibility index (Phi) is 7.68. The van der Waals surface area contributed by atoms with E-state index in [4.69, 9.17) is 0 Å². The molecule has 0 heterocycles. The van der Waals surface area contributed by atoms with Gasteiger partial charge >= 0.3 is 0 Å². The van der Waals surface area contributed by atoms with Crippen LogP contribution in [0.3, 0.4) is 0 Å². The number of thioether (sulfide) groups is 1. The highest BCUT2D eigenvalue weighted by Crippen LogP contribution is 2.05. The van der Waals surface area contributed by atoms with Crippen molar-refractivity contribution in [2.24, 2.45) is 0 Å². The zero-order valence-corrected chi connectivity index (χ0v) is 10.9.